The van der Waals surface area contributed by atoms with Gasteiger partial charge in [-0.2, -0.15) is 0 Å². The zero-order chi connectivity index (χ0) is 13.7. The normalized spacial score (nSPS) is 10.2. The maximum Gasteiger partial charge on any atom is 0.339 e. The highest BCUT2D eigenvalue weighted by molar-refractivity contribution is 5.93. The summed E-state index contributed by atoms with van der Waals surface area (Å²) in [5, 5.41) is 12.1. The number of hydrogen-bond donors (Lipinski definition) is 2. The van der Waals surface area contributed by atoms with Crippen molar-refractivity contribution in [2.24, 2.45) is 0 Å². The zero-order valence-corrected chi connectivity index (χ0v) is 10.5. The Bertz CT molecular complexity index is 567. The number of methoxy groups -OCH3 is 1. The van der Waals surface area contributed by atoms with Gasteiger partial charge in [-0.05, 0) is 29.8 Å². The van der Waals surface area contributed by atoms with Crippen molar-refractivity contribution in [2.45, 2.75) is 6.61 Å². The van der Waals surface area contributed by atoms with Crippen LogP contribution in [0.2, 0.25) is 0 Å². The summed E-state index contributed by atoms with van der Waals surface area (Å²) in [5.41, 5.74) is 1.97. The van der Waals surface area contributed by atoms with E-state index in [1.807, 2.05) is 24.3 Å². The van der Waals surface area contributed by atoms with E-state index in [2.05, 4.69) is 10.3 Å². The van der Waals surface area contributed by atoms with Gasteiger partial charge in [0.15, 0.2) is 0 Å². The number of ether oxygens (including phenoxy) is 1. The van der Waals surface area contributed by atoms with E-state index < -0.39 is 5.97 Å². The highest BCUT2D eigenvalue weighted by Crippen LogP contribution is 2.19. The van der Waals surface area contributed by atoms with Crippen LogP contribution in [0.25, 0.3) is 0 Å². The first-order valence-electron chi connectivity index (χ1n) is 5.74. The van der Waals surface area contributed by atoms with Crippen LogP contribution >= 0.6 is 0 Å². The molecule has 0 amide bonds. The Morgan fingerprint density at radius 2 is 2.05 bits per heavy atom. The fourth-order valence-corrected chi connectivity index (χ4v) is 1.67. The Labute approximate surface area is 110 Å². The van der Waals surface area contributed by atoms with Gasteiger partial charge in [-0.15, -0.1) is 0 Å². The maximum absolute atomic E-state index is 11.1. The third-order valence-corrected chi connectivity index (χ3v) is 2.57. The third kappa shape index (κ3) is 3.29. The Kier molecular flexibility index (Phi) is 4.10. The molecule has 0 saturated carbocycles. The second-order valence-electron chi connectivity index (χ2n) is 3.96. The summed E-state index contributed by atoms with van der Waals surface area (Å²) >= 11 is 0. The SMILES string of the molecule is COCc1ccc(Nc2ncccc2C(=O)O)cc1. The first kappa shape index (κ1) is 13.0. The van der Waals surface area contributed by atoms with E-state index in [0.29, 0.717) is 12.4 Å². The second kappa shape index (κ2) is 5.97. The second-order valence-corrected chi connectivity index (χ2v) is 3.96. The number of aromatic carboxylic acids is 1. The standard InChI is InChI=1S/C14H14N2O3/c1-19-9-10-4-6-11(7-5-10)16-13-12(14(17)18)3-2-8-15-13/h2-8H,9H2,1H3,(H,15,16)(H,17,18). The molecule has 0 fully saturated rings. The van der Waals surface area contributed by atoms with Crippen LogP contribution in [0.4, 0.5) is 11.5 Å². The Balaban J connectivity index is 2.19. The van der Waals surface area contributed by atoms with Crippen molar-refractivity contribution in [3.8, 4) is 0 Å². The Hall–Kier alpha value is -2.40. The fraction of sp³-hybridized carbons (Fsp3) is 0.143. The van der Waals surface area contributed by atoms with Crippen LogP contribution < -0.4 is 5.32 Å². The molecule has 0 bridgehead atoms. The summed E-state index contributed by atoms with van der Waals surface area (Å²) in [6.07, 6.45) is 1.55. The molecule has 98 valence electrons. The molecule has 0 aliphatic carbocycles. The minimum Gasteiger partial charge on any atom is -0.478 e. The lowest BCUT2D eigenvalue weighted by Gasteiger charge is -2.08. The Morgan fingerprint density at radius 1 is 1.32 bits per heavy atom. The number of nitrogens with one attached hydrogen (secondary N) is 1. The van der Waals surface area contributed by atoms with Gasteiger partial charge in [0, 0.05) is 19.0 Å². The van der Waals surface area contributed by atoms with Crippen LogP contribution in [0.15, 0.2) is 42.6 Å². The lowest BCUT2D eigenvalue weighted by molar-refractivity contribution is 0.0697. The van der Waals surface area contributed by atoms with Gasteiger partial charge < -0.3 is 15.2 Å². The third-order valence-electron chi connectivity index (χ3n) is 2.57. The summed E-state index contributed by atoms with van der Waals surface area (Å²) in [4.78, 5) is 15.1. The molecule has 2 N–H and O–H groups in total. The molecule has 1 aromatic carbocycles. The summed E-state index contributed by atoms with van der Waals surface area (Å²) in [6.45, 7) is 0.546. The molecule has 0 spiro atoms. The van der Waals surface area contributed by atoms with Crippen molar-refractivity contribution < 1.29 is 14.6 Å². The van der Waals surface area contributed by atoms with Gasteiger partial charge in [0.1, 0.15) is 11.4 Å². The van der Waals surface area contributed by atoms with E-state index >= 15 is 0 Å². The van der Waals surface area contributed by atoms with Gasteiger partial charge >= 0.3 is 5.97 Å². The smallest absolute Gasteiger partial charge is 0.339 e. The molecular weight excluding hydrogens is 244 g/mol. The molecule has 5 heteroatoms. The number of anilines is 2. The topological polar surface area (TPSA) is 71.5 Å². The molecule has 2 aromatic rings. The van der Waals surface area contributed by atoms with E-state index in [-0.39, 0.29) is 5.56 Å². The number of carboxylic acids is 1. The van der Waals surface area contributed by atoms with E-state index in [1.54, 1.807) is 19.4 Å². The van der Waals surface area contributed by atoms with Crippen LogP contribution in [0.5, 0.6) is 0 Å². The monoisotopic (exact) mass is 258 g/mol. The predicted molar refractivity (Wildman–Crippen MR) is 71.6 cm³/mol. The average molecular weight is 258 g/mol. The molecular formula is C14H14N2O3. The van der Waals surface area contributed by atoms with Gasteiger partial charge in [0.05, 0.1) is 6.61 Å². The molecule has 19 heavy (non-hydrogen) atoms. The van der Waals surface area contributed by atoms with Crippen LogP contribution in [0, 0.1) is 0 Å². The summed E-state index contributed by atoms with van der Waals surface area (Å²) in [7, 11) is 1.64. The van der Waals surface area contributed by atoms with Crippen LogP contribution in [0.3, 0.4) is 0 Å². The summed E-state index contributed by atoms with van der Waals surface area (Å²) < 4.78 is 5.03. The van der Waals surface area contributed by atoms with Crippen molar-refractivity contribution in [1.29, 1.82) is 0 Å². The van der Waals surface area contributed by atoms with Crippen molar-refractivity contribution in [2.75, 3.05) is 12.4 Å². The average Bonchev–Trinajstić information content (AvgIpc) is 2.42. The number of carboxylic acid groups (broad SMARTS) is 1. The van der Waals surface area contributed by atoms with E-state index in [9.17, 15) is 4.79 Å². The quantitative estimate of drug-likeness (QED) is 0.862. The number of aromatic nitrogens is 1. The lowest BCUT2D eigenvalue weighted by atomic mass is 10.2. The maximum atomic E-state index is 11.1. The zero-order valence-electron chi connectivity index (χ0n) is 10.5. The molecule has 0 radical (unpaired) electrons. The lowest BCUT2D eigenvalue weighted by Crippen LogP contribution is -2.04. The molecule has 0 saturated heterocycles. The van der Waals surface area contributed by atoms with Crippen molar-refractivity contribution >= 4 is 17.5 Å². The minimum atomic E-state index is -1.01. The van der Waals surface area contributed by atoms with Gasteiger partial charge in [-0.3, -0.25) is 0 Å². The van der Waals surface area contributed by atoms with Gasteiger partial charge in [-0.25, -0.2) is 9.78 Å². The Morgan fingerprint density at radius 3 is 2.68 bits per heavy atom. The molecule has 1 heterocycles. The number of pyridine rings is 1. The first-order valence-corrected chi connectivity index (χ1v) is 5.74. The largest absolute Gasteiger partial charge is 0.478 e. The van der Waals surface area contributed by atoms with Gasteiger partial charge in [-0.1, -0.05) is 12.1 Å². The number of rotatable bonds is 5. The predicted octanol–water partition coefficient (Wildman–Crippen LogP) is 2.67. The first-order chi connectivity index (χ1) is 9.20. The highest BCUT2D eigenvalue weighted by atomic mass is 16.5. The number of benzene rings is 1. The van der Waals surface area contributed by atoms with Crippen LogP contribution in [0.1, 0.15) is 15.9 Å². The van der Waals surface area contributed by atoms with Crippen LogP contribution in [-0.4, -0.2) is 23.2 Å². The molecule has 0 aliphatic rings. The minimum absolute atomic E-state index is 0.142. The number of carbonyl (C=O) groups is 1. The van der Waals surface area contributed by atoms with Gasteiger partial charge in [0.2, 0.25) is 0 Å². The molecule has 5 nitrogen and oxygen atoms in total. The molecule has 1 aromatic heterocycles. The van der Waals surface area contributed by atoms with E-state index in [0.717, 1.165) is 11.3 Å². The van der Waals surface area contributed by atoms with Crippen molar-refractivity contribution in [1.82, 2.24) is 4.98 Å². The van der Waals surface area contributed by atoms with Gasteiger partial charge in [0.25, 0.3) is 0 Å². The van der Waals surface area contributed by atoms with E-state index in [4.69, 9.17) is 9.84 Å². The molecule has 0 aliphatic heterocycles. The van der Waals surface area contributed by atoms with E-state index in [1.165, 1.54) is 6.07 Å². The van der Waals surface area contributed by atoms with Crippen LogP contribution in [-0.2, 0) is 11.3 Å². The highest BCUT2D eigenvalue weighted by Gasteiger charge is 2.10. The molecule has 2 rings (SSSR count). The number of nitrogens with zero attached hydrogens (tertiary/aromatic N) is 1. The summed E-state index contributed by atoms with van der Waals surface area (Å²) in [5.74, 6) is -0.680. The van der Waals surface area contributed by atoms with Crippen molar-refractivity contribution in [3.05, 3.63) is 53.7 Å². The molecule has 0 unspecified atom stereocenters. The number of hydrogen-bond acceptors (Lipinski definition) is 4. The summed E-state index contributed by atoms with van der Waals surface area (Å²) in [6, 6.07) is 10.6. The fourth-order valence-electron chi connectivity index (χ4n) is 1.67. The van der Waals surface area contributed by atoms with Crippen molar-refractivity contribution in [3.63, 3.8) is 0 Å². The molecule has 0 atom stereocenters.